The summed E-state index contributed by atoms with van der Waals surface area (Å²) in [5.74, 6) is 0.626. The van der Waals surface area contributed by atoms with E-state index in [9.17, 15) is 16.8 Å². The van der Waals surface area contributed by atoms with E-state index in [2.05, 4.69) is 4.72 Å². The minimum atomic E-state index is -3.97. The van der Waals surface area contributed by atoms with Crippen molar-refractivity contribution < 1.29 is 21.6 Å². The zero-order valence-electron chi connectivity index (χ0n) is 20.6. The Hall–Kier alpha value is -2.43. The highest BCUT2D eigenvalue weighted by atomic mass is 35.5. The van der Waals surface area contributed by atoms with Gasteiger partial charge in [0.05, 0.1) is 16.9 Å². The minimum absolute atomic E-state index is 0.0148. The van der Waals surface area contributed by atoms with Gasteiger partial charge in [-0.3, -0.25) is 0 Å². The first kappa shape index (κ1) is 27.6. The van der Waals surface area contributed by atoms with Crippen molar-refractivity contribution in [3.63, 3.8) is 0 Å². The number of rotatable bonds is 10. The summed E-state index contributed by atoms with van der Waals surface area (Å²) in [7, 11) is -6.15. The molecule has 0 radical (unpaired) electrons. The highest BCUT2D eigenvalue weighted by Gasteiger charge is 2.27. The summed E-state index contributed by atoms with van der Waals surface area (Å²) < 4.78 is 62.6. The topological polar surface area (TPSA) is 92.8 Å². The second-order valence-corrected chi connectivity index (χ2v) is 13.3. The van der Waals surface area contributed by atoms with Gasteiger partial charge in [0.25, 0.3) is 0 Å². The number of halogens is 1. The fraction of sp³-hybridized carbons (Fsp3) is 0.333. The SMILES string of the molecule is COc1cccc(CN(Cc2ccc(Cl)cc2)S(=O)(=O)c2ccc(S(=O)(=O)NC3CCCCC3)cc2)c1. The van der Waals surface area contributed by atoms with Crippen molar-refractivity contribution in [1.82, 2.24) is 9.03 Å². The van der Waals surface area contributed by atoms with Crippen LogP contribution in [-0.4, -0.2) is 34.3 Å². The lowest BCUT2D eigenvalue weighted by Gasteiger charge is -2.24. The average molecular weight is 563 g/mol. The standard InChI is InChI=1S/C27H31ClN2O5S2/c1-35-25-9-5-6-22(18-25)20-30(19-21-10-12-23(28)13-11-21)37(33,34)27-16-14-26(15-17-27)36(31,32)29-24-7-3-2-4-8-24/h5-6,9-18,24,29H,2-4,7-8,19-20H2,1H3. The predicted molar refractivity (Wildman–Crippen MR) is 145 cm³/mol. The molecule has 4 rings (SSSR count). The molecular weight excluding hydrogens is 532 g/mol. The highest BCUT2D eigenvalue weighted by Crippen LogP contribution is 2.25. The molecule has 0 saturated heterocycles. The Morgan fingerprint density at radius 2 is 1.46 bits per heavy atom. The largest absolute Gasteiger partial charge is 0.497 e. The van der Waals surface area contributed by atoms with E-state index >= 15 is 0 Å². The molecule has 37 heavy (non-hydrogen) atoms. The molecule has 0 unspecified atom stereocenters. The Morgan fingerprint density at radius 1 is 0.838 bits per heavy atom. The van der Waals surface area contributed by atoms with Crippen molar-refractivity contribution in [3.8, 4) is 5.75 Å². The fourth-order valence-corrected chi connectivity index (χ4v) is 7.29. The van der Waals surface area contributed by atoms with Gasteiger partial charge < -0.3 is 4.74 Å². The molecular formula is C27H31ClN2O5S2. The maximum atomic E-state index is 13.7. The van der Waals surface area contributed by atoms with Crippen LogP contribution in [0, 0.1) is 0 Å². The maximum Gasteiger partial charge on any atom is 0.243 e. The Bertz CT molecular complexity index is 1400. The number of nitrogens with zero attached hydrogens (tertiary/aromatic N) is 1. The first-order valence-corrected chi connectivity index (χ1v) is 15.5. The number of benzene rings is 3. The number of hydrogen-bond acceptors (Lipinski definition) is 5. The van der Waals surface area contributed by atoms with Gasteiger partial charge in [0.2, 0.25) is 20.0 Å². The van der Waals surface area contributed by atoms with Crippen LogP contribution in [0.25, 0.3) is 0 Å². The van der Waals surface area contributed by atoms with E-state index in [0.717, 1.165) is 43.2 Å². The van der Waals surface area contributed by atoms with Gasteiger partial charge in [-0.2, -0.15) is 4.31 Å². The summed E-state index contributed by atoms with van der Waals surface area (Å²) in [5.41, 5.74) is 1.53. The van der Waals surface area contributed by atoms with Gasteiger partial charge in [0.15, 0.2) is 0 Å². The Balaban J connectivity index is 1.60. The molecule has 3 aromatic carbocycles. The molecule has 1 fully saturated rings. The van der Waals surface area contributed by atoms with Gasteiger partial charge in [0, 0.05) is 24.2 Å². The molecule has 0 heterocycles. The molecule has 0 aromatic heterocycles. The van der Waals surface area contributed by atoms with Gasteiger partial charge in [-0.15, -0.1) is 0 Å². The number of hydrogen-bond donors (Lipinski definition) is 1. The van der Waals surface area contributed by atoms with Crippen molar-refractivity contribution in [2.45, 2.75) is 61.0 Å². The van der Waals surface area contributed by atoms with Crippen LogP contribution in [0.1, 0.15) is 43.2 Å². The zero-order chi connectivity index (χ0) is 26.5. The molecule has 0 atom stereocenters. The van der Waals surface area contributed by atoms with Gasteiger partial charge in [-0.1, -0.05) is 55.1 Å². The summed E-state index contributed by atoms with van der Waals surface area (Å²) in [4.78, 5) is 0.0649. The first-order chi connectivity index (χ1) is 17.7. The highest BCUT2D eigenvalue weighted by molar-refractivity contribution is 7.89. The van der Waals surface area contributed by atoms with Gasteiger partial charge in [-0.25, -0.2) is 21.6 Å². The lowest BCUT2D eigenvalue weighted by Crippen LogP contribution is -2.36. The lowest BCUT2D eigenvalue weighted by atomic mass is 9.96. The molecule has 10 heteroatoms. The third kappa shape index (κ3) is 7.12. The van der Waals surface area contributed by atoms with Crippen LogP contribution in [0.4, 0.5) is 0 Å². The summed E-state index contributed by atoms with van der Waals surface area (Å²) in [6.45, 7) is 0.214. The monoisotopic (exact) mass is 562 g/mol. The Kier molecular flexibility index (Phi) is 8.92. The smallest absolute Gasteiger partial charge is 0.243 e. The van der Waals surface area contributed by atoms with Crippen LogP contribution in [0.15, 0.2) is 82.6 Å². The van der Waals surface area contributed by atoms with Gasteiger partial charge in [0.1, 0.15) is 5.75 Å². The molecule has 0 spiro atoms. The van der Waals surface area contributed by atoms with Crippen LogP contribution in [0.3, 0.4) is 0 Å². The summed E-state index contributed by atoms with van der Waals surface area (Å²) in [5, 5.41) is 0.560. The van der Waals surface area contributed by atoms with Gasteiger partial charge >= 0.3 is 0 Å². The second kappa shape index (κ2) is 12.0. The summed E-state index contributed by atoms with van der Waals surface area (Å²) in [6, 6.07) is 19.5. The Morgan fingerprint density at radius 3 is 2.11 bits per heavy atom. The number of methoxy groups -OCH3 is 1. The molecule has 1 aliphatic carbocycles. The van der Waals surface area contributed by atoms with Crippen molar-refractivity contribution in [3.05, 3.63) is 88.9 Å². The average Bonchev–Trinajstić information content (AvgIpc) is 2.90. The van der Waals surface area contributed by atoms with Crippen LogP contribution in [-0.2, 0) is 33.1 Å². The van der Waals surface area contributed by atoms with Crippen molar-refractivity contribution in [1.29, 1.82) is 0 Å². The molecule has 7 nitrogen and oxygen atoms in total. The summed E-state index contributed by atoms with van der Waals surface area (Å²) in [6.07, 6.45) is 4.75. The van der Waals surface area contributed by atoms with Crippen molar-refractivity contribution >= 4 is 31.6 Å². The van der Waals surface area contributed by atoms with E-state index in [4.69, 9.17) is 16.3 Å². The lowest BCUT2D eigenvalue weighted by molar-refractivity contribution is 0.395. The van der Waals surface area contributed by atoms with Gasteiger partial charge in [-0.05, 0) is 72.5 Å². The van der Waals surface area contributed by atoms with Crippen LogP contribution < -0.4 is 9.46 Å². The molecule has 3 aromatic rings. The fourth-order valence-electron chi connectivity index (χ4n) is 4.44. The van der Waals surface area contributed by atoms with E-state index in [-0.39, 0.29) is 28.9 Å². The maximum absolute atomic E-state index is 13.7. The Labute approximate surface area is 224 Å². The molecule has 1 aliphatic rings. The molecule has 0 bridgehead atoms. The van der Waals surface area contributed by atoms with Crippen LogP contribution in [0.5, 0.6) is 5.75 Å². The van der Waals surface area contributed by atoms with E-state index in [1.807, 2.05) is 6.07 Å². The zero-order valence-corrected chi connectivity index (χ0v) is 23.0. The second-order valence-electron chi connectivity index (χ2n) is 9.18. The third-order valence-corrected chi connectivity index (χ3v) is 10.1. The summed E-state index contributed by atoms with van der Waals surface area (Å²) >= 11 is 6.01. The molecule has 1 N–H and O–H groups in total. The predicted octanol–water partition coefficient (Wildman–Crippen LogP) is 5.35. The molecule has 0 aliphatic heterocycles. The first-order valence-electron chi connectivity index (χ1n) is 12.2. The van der Waals surface area contributed by atoms with Crippen LogP contribution in [0.2, 0.25) is 5.02 Å². The minimum Gasteiger partial charge on any atom is -0.497 e. The molecule has 1 saturated carbocycles. The molecule has 0 amide bonds. The van der Waals surface area contributed by atoms with E-state index in [1.165, 1.54) is 28.6 Å². The van der Waals surface area contributed by atoms with Crippen LogP contribution >= 0.6 is 11.6 Å². The van der Waals surface area contributed by atoms with E-state index in [1.54, 1.807) is 49.6 Å². The van der Waals surface area contributed by atoms with Crippen molar-refractivity contribution in [2.75, 3.05) is 7.11 Å². The quantitative estimate of drug-likeness (QED) is 0.359. The number of sulfonamides is 2. The number of ether oxygens (including phenoxy) is 1. The third-order valence-electron chi connectivity index (χ3n) is 6.46. The molecule has 198 valence electrons. The number of nitrogens with one attached hydrogen (secondary N) is 1. The van der Waals surface area contributed by atoms with E-state index in [0.29, 0.717) is 10.8 Å². The van der Waals surface area contributed by atoms with E-state index < -0.39 is 20.0 Å². The van der Waals surface area contributed by atoms with Crippen molar-refractivity contribution in [2.24, 2.45) is 0 Å². The normalized spacial score (nSPS) is 15.1.